The number of hydrogen-bond donors (Lipinski definition) is 0. The maximum atomic E-state index is 9.01. The minimum atomic E-state index is 0.601. The minimum Gasteiger partial charge on any atom is -0.269 e. The molecule has 0 bridgehead atoms. The van der Waals surface area contributed by atoms with Gasteiger partial charge in [0.25, 0.3) is 0 Å². The van der Waals surface area contributed by atoms with E-state index in [9.17, 15) is 0 Å². The van der Waals surface area contributed by atoms with Crippen LogP contribution in [-0.4, -0.2) is 22.3 Å². The Morgan fingerprint density at radius 2 is 1.28 bits per heavy atom. The fourth-order valence-corrected chi connectivity index (χ4v) is 4.37. The molecule has 0 spiro atoms. The van der Waals surface area contributed by atoms with Crippen LogP contribution in [0, 0.1) is 11.3 Å². The lowest BCUT2D eigenvalue weighted by atomic mass is 10.2. The Balaban J connectivity index is 1.59. The van der Waals surface area contributed by atoms with Crippen molar-refractivity contribution < 1.29 is 0 Å². The molecule has 1 heterocycles. The Labute approximate surface area is 213 Å². The summed E-state index contributed by atoms with van der Waals surface area (Å²) in [5, 5.41) is 19.3. The molecule has 4 aromatic carbocycles. The predicted octanol–water partition coefficient (Wildman–Crippen LogP) is 6.96. The second kappa shape index (κ2) is 11.1. The van der Waals surface area contributed by atoms with Gasteiger partial charge in [-0.15, -0.1) is 5.10 Å². The zero-order valence-corrected chi connectivity index (χ0v) is 20.0. The number of hydrogen-bond acceptors (Lipinski definition) is 6. The minimum absolute atomic E-state index is 0.601. The van der Waals surface area contributed by atoms with E-state index in [1.54, 1.807) is 18.3 Å². The monoisotopic (exact) mass is 484 g/mol. The fraction of sp³-hybridized carbons (Fsp3) is 0. The average molecular weight is 485 g/mol. The third kappa shape index (κ3) is 5.46. The van der Waals surface area contributed by atoms with Gasteiger partial charge in [0, 0.05) is 5.69 Å². The number of amidine groups is 2. The summed E-state index contributed by atoms with van der Waals surface area (Å²) in [5.41, 5.74) is 4.01. The molecule has 7 heteroatoms. The molecule has 6 nitrogen and oxygen atoms in total. The van der Waals surface area contributed by atoms with E-state index in [2.05, 4.69) is 16.3 Å². The molecular weight excluding hydrogens is 464 g/mol. The van der Waals surface area contributed by atoms with Crippen LogP contribution in [0.15, 0.2) is 135 Å². The number of nitrogens with zero attached hydrogens (tertiary/aromatic N) is 6. The van der Waals surface area contributed by atoms with Gasteiger partial charge in [-0.3, -0.25) is 4.90 Å². The van der Waals surface area contributed by atoms with Crippen molar-refractivity contribution >= 4 is 51.1 Å². The Bertz CT molecular complexity index is 1490. The molecule has 0 radical (unpaired) electrons. The summed E-state index contributed by atoms with van der Waals surface area (Å²) in [4.78, 5) is 11.8. The van der Waals surface area contributed by atoms with Crippen LogP contribution in [-0.2, 0) is 0 Å². The van der Waals surface area contributed by atoms with Crippen molar-refractivity contribution in [3.05, 3.63) is 126 Å². The number of anilines is 1. The first-order valence-electron chi connectivity index (χ1n) is 11.2. The smallest absolute Gasteiger partial charge is 0.202 e. The second-order valence-corrected chi connectivity index (χ2v) is 8.61. The predicted molar refractivity (Wildman–Crippen MR) is 150 cm³/mol. The number of nitriles is 1. The van der Waals surface area contributed by atoms with Crippen LogP contribution in [0.4, 0.5) is 17.1 Å². The number of para-hydroxylation sites is 3. The maximum Gasteiger partial charge on any atom is 0.202 e. The van der Waals surface area contributed by atoms with Gasteiger partial charge in [-0.2, -0.15) is 10.4 Å². The topological polar surface area (TPSA) is 76.5 Å². The van der Waals surface area contributed by atoms with Crippen molar-refractivity contribution in [1.82, 2.24) is 0 Å². The van der Waals surface area contributed by atoms with Gasteiger partial charge >= 0.3 is 0 Å². The lowest BCUT2D eigenvalue weighted by molar-refractivity contribution is 1.24. The summed E-state index contributed by atoms with van der Waals surface area (Å²) >= 11 is 1.42. The van der Waals surface area contributed by atoms with E-state index >= 15 is 0 Å². The quantitative estimate of drug-likeness (QED) is 0.227. The van der Waals surface area contributed by atoms with Crippen molar-refractivity contribution in [2.24, 2.45) is 20.2 Å². The Hall–Kier alpha value is -4.80. The van der Waals surface area contributed by atoms with Gasteiger partial charge in [0.1, 0.15) is 5.04 Å². The molecule has 1 fully saturated rings. The van der Waals surface area contributed by atoms with Crippen LogP contribution < -0.4 is 4.90 Å². The van der Waals surface area contributed by atoms with Crippen molar-refractivity contribution in [3.63, 3.8) is 0 Å². The molecular formula is C29H20N6S. The summed E-state index contributed by atoms with van der Waals surface area (Å²) in [6, 6.07) is 38.8. The number of aliphatic imine (C=N–C) groups is 2. The normalized spacial score (nSPS) is 16.8. The highest BCUT2D eigenvalue weighted by Gasteiger charge is 2.34. The third-order valence-electron chi connectivity index (χ3n) is 5.16. The molecule has 0 amide bonds. The first kappa shape index (κ1) is 23.0. The first-order chi connectivity index (χ1) is 17.8. The molecule has 1 saturated heterocycles. The van der Waals surface area contributed by atoms with E-state index in [0.29, 0.717) is 16.6 Å². The van der Waals surface area contributed by atoms with E-state index in [-0.39, 0.29) is 0 Å². The van der Waals surface area contributed by atoms with Gasteiger partial charge in [-0.1, -0.05) is 66.7 Å². The number of rotatable bonds is 5. The van der Waals surface area contributed by atoms with Gasteiger partial charge in [-0.25, -0.2) is 9.98 Å². The van der Waals surface area contributed by atoms with Gasteiger partial charge in [0.15, 0.2) is 5.84 Å². The van der Waals surface area contributed by atoms with Gasteiger partial charge in [-0.05, 0) is 65.9 Å². The molecule has 0 saturated carbocycles. The lowest BCUT2D eigenvalue weighted by Crippen LogP contribution is -2.30. The summed E-state index contributed by atoms with van der Waals surface area (Å²) in [5.74, 6) is 0.675. The highest BCUT2D eigenvalue weighted by atomic mass is 32.2. The van der Waals surface area contributed by atoms with Gasteiger partial charge in [0.05, 0.1) is 29.2 Å². The molecule has 4 aromatic rings. The first-order valence-corrected chi connectivity index (χ1v) is 12.0. The van der Waals surface area contributed by atoms with Crippen molar-refractivity contribution in [1.29, 1.82) is 5.26 Å². The van der Waals surface area contributed by atoms with Crippen molar-refractivity contribution in [2.45, 2.75) is 0 Å². The van der Waals surface area contributed by atoms with Crippen LogP contribution >= 0.6 is 11.8 Å². The third-order valence-corrected chi connectivity index (χ3v) is 6.08. The van der Waals surface area contributed by atoms with E-state index < -0.39 is 0 Å². The highest BCUT2D eigenvalue weighted by Crippen LogP contribution is 2.33. The number of thioether (sulfide) groups is 1. The molecule has 0 aromatic heterocycles. The van der Waals surface area contributed by atoms with Crippen LogP contribution in [0.25, 0.3) is 0 Å². The molecule has 1 aliphatic rings. The molecule has 5 rings (SSSR count). The highest BCUT2D eigenvalue weighted by molar-refractivity contribution is 8.29. The largest absolute Gasteiger partial charge is 0.269 e. The van der Waals surface area contributed by atoms with Crippen LogP contribution in [0.3, 0.4) is 0 Å². The standard InChI is InChI=1S/C29H20N6S/c30-20-22-16-18-23(19-17-22)21-31-34-29-35(26-14-8-3-9-15-26)27(32-24-10-4-1-5-11-24)28(36-29)33-25-12-6-2-7-13-25/h1-19,21H/b31-21+,32-27?,33-28?,34-29-. The molecule has 0 N–H and O–H groups in total. The van der Waals surface area contributed by atoms with Crippen molar-refractivity contribution in [3.8, 4) is 6.07 Å². The van der Waals surface area contributed by atoms with Crippen LogP contribution in [0.2, 0.25) is 0 Å². The summed E-state index contributed by atoms with van der Waals surface area (Å²) in [6.45, 7) is 0. The molecule has 0 aliphatic carbocycles. The Morgan fingerprint density at radius 3 is 1.89 bits per heavy atom. The molecule has 172 valence electrons. The van der Waals surface area contributed by atoms with Gasteiger partial charge in [0.2, 0.25) is 5.17 Å². The SMILES string of the molecule is N#Cc1ccc(/C=N/N=C2\SC(=Nc3ccccc3)C(=Nc3ccccc3)N2c2ccccc2)cc1. The molecule has 36 heavy (non-hydrogen) atoms. The zero-order valence-electron chi connectivity index (χ0n) is 19.1. The average Bonchev–Trinajstić information content (AvgIpc) is 3.26. The van der Waals surface area contributed by atoms with E-state index in [1.165, 1.54) is 11.8 Å². The Kier molecular flexibility index (Phi) is 7.07. The van der Waals surface area contributed by atoms with Crippen LogP contribution in [0.5, 0.6) is 0 Å². The maximum absolute atomic E-state index is 9.01. The number of benzene rings is 4. The van der Waals surface area contributed by atoms with E-state index in [1.807, 2.05) is 108 Å². The molecule has 0 atom stereocenters. The summed E-state index contributed by atoms with van der Waals surface area (Å²) in [6.07, 6.45) is 1.66. The van der Waals surface area contributed by atoms with Gasteiger partial charge < -0.3 is 0 Å². The van der Waals surface area contributed by atoms with E-state index in [4.69, 9.17) is 15.2 Å². The van der Waals surface area contributed by atoms with Crippen molar-refractivity contribution in [2.75, 3.05) is 4.90 Å². The second-order valence-electron chi connectivity index (χ2n) is 7.66. The fourth-order valence-electron chi connectivity index (χ4n) is 3.44. The molecule has 1 aliphatic heterocycles. The lowest BCUT2D eigenvalue weighted by Gasteiger charge is -2.17. The van der Waals surface area contributed by atoms with Crippen LogP contribution in [0.1, 0.15) is 11.1 Å². The Morgan fingerprint density at radius 1 is 0.694 bits per heavy atom. The summed E-state index contributed by atoms with van der Waals surface area (Å²) < 4.78 is 0. The van der Waals surface area contributed by atoms with E-state index in [0.717, 1.165) is 27.7 Å². The molecule has 0 unspecified atom stereocenters. The summed E-state index contributed by atoms with van der Waals surface area (Å²) in [7, 11) is 0. The zero-order chi connectivity index (χ0) is 24.6.